The number of halogens is 1. The fourth-order valence-corrected chi connectivity index (χ4v) is 3.31. The van der Waals surface area contributed by atoms with E-state index in [1.807, 2.05) is 24.3 Å². The third-order valence-electron chi connectivity index (χ3n) is 4.63. The zero-order chi connectivity index (χ0) is 19.4. The fourth-order valence-electron chi connectivity index (χ4n) is 3.31. The van der Waals surface area contributed by atoms with Gasteiger partial charge in [-0.1, -0.05) is 36.4 Å². The van der Waals surface area contributed by atoms with Crippen LogP contribution in [0.5, 0.6) is 0 Å². The maximum absolute atomic E-state index is 13.6. The van der Waals surface area contributed by atoms with Crippen molar-refractivity contribution in [2.75, 3.05) is 6.54 Å². The summed E-state index contributed by atoms with van der Waals surface area (Å²) in [5.74, 6) is -1.99. The van der Waals surface area contributed by atoms with E-state index >= 15 is 0 Å². The van der Waals surface area contributed by atoms with Gasteiger partial charge in [0.05, 0.1) is 18.0 Å². The second kappa shape index (κ2) is 7.99. The number of fused-ring (bicyclic) bond motifs is 1. The molecule has 2 aromatic carbocycles. The average molecular weight is 369 g/mol. The SMILES string of the molecule is CC(=O)N1CCc2ccccc2C1CC(=O)NNC(=O)c1ccccc1F. The largest absolute Gasteiger partial charge is 0.335 e. The lowest BCUT2D eigenvalue weighted by Gasteiger charge is -2.36. The normalized spacial score (nSPS) is 15.6. The van der Waals surface area contributed by atoms with Crippen LogP contribution in [0.4, 0.5) is 4.39 Å². The van der Waals surface area contributed by atoms with E-state index in [1.54, 1.807) is 4.90 Å². The van der Waals surface area contributed by atoms with Crippen molar-refractivity contribution in [3.05, 3.63) is 71.0 Å². The van der Waals surface area contributed by atoms with Crippen LogP contribution in [-0.4, -0.2) is 29.2 Å². The van der Waals surface area contributed by atoms with Crippen molar-refractivity contribution in [2.45, 2.75) is 25.8 Å². The molecule has 1 heterocycles. The van der Waals surface area contributed by atoms with Crippen molar-refractivity contribution in [3.63, 3.8) is 0 Å². The number of carbonyl (C=O) groups is 3. The Labute approximate surface area is 156 Å². The molecule has 0 aromatic heterocycles. The third kappa shape index (κ3) is 4.13. The first-order valence-corrected chi connectivity index (χ1v) is 8.66. The highest BCUT2D eigenvalue weighted by atomic mass is 19.1. The third-order valence-corrected chi connectivity index (χ3v) is 4.63. The van der Waals surface area contributed by atoms with E-state index in [-0.39, 0.29) is 17.9 Å². The Hall–Kier alpha value is -3.22. The molecule has 1 aliphatic rings. The van der Waals surface area contributed by atoms with Crippen LogP contribution in [0, 0.1) is 5.82 Å². The molecule has 27 heavy (non-hydrogen) atoms. The van der Waals surface area contributed by atoms with Gasteiger partial charge < -0.3 is 4.90 Å². The van der Waals surface area contributed by atoms with Gasteiger partial charge in [0.2, 0.25) is 11.8 Å². The number of amides is 3. The highest BCUT2D eigenvalue weighted by Crippen LogP contribution is 2.32. The lowest BCUT2D eigenvalue weighted by Crippen LogP contribution is -2.45. The van der Waals surface area contributed by atoms with Crippen LogP contribution < -0.4 is 10.9 Å². The summed E-state index contributed by atoms with van der Waals surface area (Å²) in [4.78, 5) is 38.0. The minimum absolute atomic E-state index is 0.00581. The molecule has 7 heteroatoms. The first-order valence-electron chi connectivity index (χ1n) is 8.66. The van der Waals surface area contributed by atoms with Gasteiger partial charge in [0.25, 0.3) is 5.91 Å². The molecular formula is C20H20FN3O3. The molecule has 140 valence electrons. The van der Waals surface area contributed by atoms with Crippen molar-refractivity contribution in [3.8, 4) is 0 Å². The van der Waals surface area contributed by atoms with Crippen molar-refractivity contribution < 1.29 is 18.8 Å². The van der Waals surface area contributed by atoms with Crippen LogP contribution in [-0.2, 0) is 16.0 Å². The molecule has 0 spiro atoms. The minimum Gasteiger partial charge on any atom is -0.335 e. The summed E-state index contributed by atoms with van der Waals surface area (Å²) in [6, 6.07) is 12.8. The van der Waals surface area contributed by atoms with Crippen LogP contribution in [0.1, 0.15) is 40.9 Å². The molecule has 0 fully saturated rings. The summed E-state index contributed by atoms with van der Waals surface area (Å²) in [5, 5.41) is 0. The zero-order valence-electron chi connectivity index (χ0n) is 14.9. The van der Waals surface area contributed by atoms with E-state index in [1.165, 1.54) is 31.2 Å². The van der Waals surface area contributed by atoms with Crippen molar-refractivity contribution in [1.82, 2.24) is 15.8 Å². The van der Waals surface area contributed by atoms with Gasteiger partial charge >= 0.3 is 0 Å². The summed E-state index contributed by atoms with van der Waals surface area (Å²) in [6.07, 6.45) is 0.728. The van der Waals surface area contributed by atoms with E-state index in [2.05, 4.69) is 10.9 Å². The Balaban J connectivity index is 1.68. The van der Waals surface area contributed by atoms with Gasteiger partial charge in [-0.3, -0.25) is 25.2 Å². The number of hydrazine groups is 1. The molecule has 0 bridgehead atoms. The second-order valence-corrected chi connectivity index (χ2v) is 6.36. The molecule has 0 saturated heterocycles. The Bertz CT molecular complexity index is 884. The Kier molecular flexibility index (Phi) is 5.49. The monoisotopic (exact) mass is 369 g/mol. The van der Waals surface area contributed by atoms with Gasteiger partial charge in [0, 0.05) is 13.5 Å². The van der Waals surface area contributed by atoms with Gasteiger partial charge in [0.1, 0.15) is 5.82 Å². The molecule has 0 saturated carbocycles. The van der Waals surface area contributed by atoms with E-state index in [4.69, 9.17) is 0 Å². The smallest absolute Gasteiger partial charge is 0.272 e. The van der Waals surface area contributed by atoms with Gasteiger partial charge in [-0.05, 0) is 29.7 Å². The Morgan fingerprint density at radius 1 is 1.07 bits per heavy atom. The highest BCUT2D eigenvalue weighted by Gasteiger charge is 2.30. The quantitative estimate of drug-likeness (QED) is 0.814. The average Bonchev–Trinajstić information content (AvgIpc) is 2.66. The summed E-state index contributed by atoms with van der Waals surface area (Å²) in [7, 11) is 0. The maximum Gasteiger partial charge on any atom is 0.272 e. The summed E-state index contributed by atoms with van der Waals surface area (Å²) < 4.78 is 13.6. The lowest BCUT2D eigenvalue weighted by atomic mass is 9.90. The molecule has 1 atom stereocenters. The molecular weight excluding hydrogens is 349 g/mol. The Morgan fingerprint density at radius 2 is 1.78 bits per heavy atom. The molecule has 0 radical (unpaired) electrons. The topological polar surface area (TPSA) is 78.5 Å². The summed E-state index contributed by atoms with van der Waals surface area (Å²) >= 11 is 0. The van der Waals surface area contributed by atoms with Gasteiger partial charge in [0.15, 0.2) is 0 Å². The van der Waals surface area contributed by atoms with Crippen LogP contribution in [0.2, 0.25) is 0 Å². The lowest BCUT2D eigenvalue weighted by molar-refractivity contribution is -0.133. The maximum atomic E-state index is 13.6. The van der Waals surface area contributed by atoms with E-state index in [9.17, 15) is 18.8 Å². The van der Waals surface area contributed by atoms with Crippen molar-refractivity contribution in [1.29, 1.82) is 0 Å². The first kappa shape index (κ1) is 18.6. The van der Waals surface area contributed by atoms with Gasteiger partial charge in [-0.2, -0.15) is 0 Å². The minimum atomic E-state index is -0.742. The number of benzene rings is 2. The molecule has 0 aliphatic carbocycles. The standard InChI is InChI=1S/C20H20FN3O3/c1-13(25)24-11-10-14-6-2-3-7-15(14)18(24)12-19(26)22-23-20(27)16-8-4-5-9-17(16)21/h2-9,18H,10-12H2,1H3,(H,22,26)(H,23,27). The number of carbonyl (C=O) groups excluding carboxylic acids is 3. The van der Waals surface area contributed by atoms with Crippen LogP contribution in [0.25, 0.3) is 0 Å². The van der Waals surface area contributed by atoms with Crippen molar-refractivity contribution >= 4 is 17.7 Å². The summed E-state index contributed by atoms with van der Waals surface area (Å²) in [6.45, 7) is 2.00. The first-order chi connectivity index (χ1) is 13.0. The highest BCUT2D eigenvalue weighted by molar-refractivity contribution is 5.95. The zero-order valence-corrected chi connectivity index (χ0v) is 14.9. The van der Waals surface area contributed by atoms with Gasteiger partial charge in [-0.15, -0.1) is 0 Å². The van der Waals surface area contributed by atoms with Crippen LogP contribution in [0.3, 0.4) is 0 Å². The second-order valence-electron chi connectivity index (χ2n) is 6.36. The van der Waals surface area contributed by atoms with E-state index in [0.29, 0.717) is 6.54 Å². The van der Waals surface area contributed by atoms with Crippen LogP contribution >= 0.6 is 0 Å². The predicted molar refractivity (Wildman–Crippen MR) is 96.9 cm³/mol. The fraction of sp³-hybridized carbons (Fsp3) is 0.250. The molecule has 1 aliphatic heterocycles. The number of hydrogen-bond acceptors (Lipinski definition) is 3. The number of nitrogens with one attached hydrogen (secondary N) is 2. The Morgan fingerprint density at radius 3 is 2.52 bits per heavy atom. The molecule has 6 nitrogen and oxygen atoms in total. The van der Waals surface area contributed by atoms with Crippen molar-refractivity contribution in [2.24, 2.45) is 0 Å². The molecule has 1 unspecified atom stereocenters. The molecule has 2 aromatic rings. The van der Waals surface area contributed by atoms with Crippen LogP contribution in [0.15, 0.2) is 48.5 Å². The van der Waals surface area contributed by atoms with E-state index < -0.39 is 23.7 Å². The number of nitrogens with zero attached hydrogens (tertiary/aromatic N) is 1. The molecule has 3 amide bonds. The summed E-state index contributed by atoms with van der Waals surface area (Å²) in [5.41, 5.74) is 6.38. The van der Waals surface area contributed by atoms with E-state index in [0.717, 1.165) is 17.5 Å². The molecule has 2 N–H and O–H groups in total. The molecule has 3 rings (SSSR count). The number of hydrogen-bond donors (Lipinski definition) is 2. The van der Waals surface area contributed by atoms with Gasteiger partial charge in [-0.25, -0.2) is 4.39 Å². The predicted octanol–water partition coefficient (Wildman–Crippen LogP) is 2.12. The number of rotatable bonds is 3.